The summed E-state index contributed by atoms with van der Waals surface area (Å²) >= 11 is 0. The minimum atomic E-state index is 0.0433. The van der Waals surface area contributed by atoms with E-state index < -0.39 is 0 Å². The summed E-state index contributed by atoms with van der Waals surface area (Å²) in [5.41, 5.74) is 3.99. The zero-order valence-electron chi connectivity index (χ0n) is 13.3. The van der Waals surface area contributed by atoms with Gasteiger partial charge in [-0.3, -0.25) is 4.98 Å². The number of fused-ring (bicyclic) bond motifs is 2. The van der Waals surface area contributed by atoms with Crippen LogP contribution in [-0.2, 0) is 0 Å². The molecule has 1 aromatic heterocycles. The first kappa shape index (κ1) is 14.2. The summed E-state index contributed by atoms with van der Waals surface area (Å²) in [5, 5.41) is 3.07. The van der Waals surface area contributed by atoms with Crippen LogP contribution in [-0.4, -0.2) is 28.0 Å². The number of carbonyl (C=O) groups is 1. The molecule has 4 nitrogen and oxygen atoms in total. The minimum Gasteiger partial charge on any atom is -0.318 e. The number of rotatable bonds is 2. The molecule has 0 aliphatic carbocycles. The van der Waals surface area contributed by atoms with Gasteiger partial charge in [0.15, 0.2) is 0 Å². The Kier molecular flexibility index (Phi) is 3.52. The summed E-state index contributed by atoms with van der Waals surface area (Å²) in [6.07, 6.45) is 6.53. The predicted octanol–water partition coefficient (Wildman–Crippen LogP) is 4.22. The van der Waals surface area contributed by atoms with Gasteiger partial charge < -0.3 is 10.2 Å². The zero-order chi connectivity index (χ0) is 15.8. The summed E-state index contributed by atoms with van der Waals surface area (Å²) in [6, 6.07) is 12.9. The van der Waals surface area contributed by atoms with Crippen molar-refractivity contribution in [2.45, 2.75) is 44.7 Å². The lowest BCUT2D eigenvalue weighted by Gasteiger charge is -2.52. The fraction of sp³-hybridized carbons (Fsp3) is 0.368. The van der Waals surface area contributed by atoms with Crippen LogP contribution in [0, 0.1) is 6.92 Å². The number of urea groups is 1. The van der Waals surface area contributed by atoms with Gasteiger partial charge in [0.05, 0.1) is 5.69 Å². The fourth-order valence-electron chi connectivity index (χ4n) is 3.82. The van der Waals surface area contributed by atoms with Crippen LogP contribution in [0.15, 0.2) is 42.6 Å². The van der Waals surface area contributed by atoms with Crippen LogP contribution in [0.3, 0.4) is 0 Å². The molecule has 23 heavy (non-hydrogen) atoms. The van der Waals surface area contributed by atoms with Gasteiger partial charge in [0.1, 0.15) is 0 Å². The van der Waals surface area contributed by atoms with E-state index in [4.69, 9.17) is 0 Å². The first-order chi connectivity index (χ1) is 11.2. The van der Waals surface area contributed by atoms with Gasteiger partial charge in [0, 0.05) is 29.5 Å². The third kappa shape index (κ3) is 2.58. The summed E-state index contributed by atoms with van der Waals surface area (Å²) in [4.78, 5) is 19.0. The van der Waals surface area contributed by atoms with Crippen molar-refractivity contribution in [3.63, 3.8) is 0 Å². The van der Waals surface area contributed by atoms with E-state index in [0.717, 1.165) is 35.3 Å². The Bertz CT molecular complexity index is 715. The minimum absolute atomic E-state index is 0.0433. The Labute approximate surface area is 136 Å². The molecule has 1 aromatic carbocycles. The maximum atomic E-state index is 12.5. The van der Waals surface area contributed by atoms with Crippen LogP contribution in [0.2, 0.25) is 0 Å². The van der Waals surface area contributed by atoms with Crippen molar-refractivity contribution in [3.8, 4) is 11.3 Å². The van der Waals surface area contributed by atoms with Crippen molar-refractivity contribution in [2.75, 3.05) is 5.32 Å². The van der Waals surface area contributed by atoms with Gasteiger partial charge >= 0.3 is 6.03 Å². The van der Waals surface area contributed by atoms with Crippen LogP contribution < -0.4 is 5.32 Å². The van der Waals surface area contributed by atoms with Gasteiger partial charge in [-0.2, -0.15) is 0 Å². The molecular formula is C19H21N3O. The number of benzene rings is 1. The number of piperidine rings is 1. The van der Waals surface area contributed by atoms with E-state index in [1.165, 1.54) is 12.8 Å². The molecule has 1 N–H and O–H groups in total. The monoisotopic (exact) mass is 307 g/mol. The van der Waals surface area contributed by atoms with E-state index in [-0.39, 0.29) is 6.03 Å². The second-order valence-electron chi connectivity index (χ2n) is 6.56. The summed E-state index contributed by atoms with van der Waals surface area (Å²) in [5.74, 6) is 0. The molecule has 2 bridgehead atoms. The van der Waals surface area contributed by atoms with E-state index in [2.05, 4.69) is 17.2 Å². The molecule has 4 rings (SSSR count). The summed E-state index contributed by atoms with van der Waals surface area (Å²) in [7, 11) is 0. The molecule has 2 fully saturated rings. The summed E-state index contributed by atoms with van der Waals surface area (Å²) in [6.45, 7) is 2.06. The van der Waals surface area contributed by atoms with E-state index >= 15 is 0 Å². The molecule has 118 valence electrons. The Balaban J connectivity index is 1.55. The standard InChI is InChI=1S/C19H21N3O/c1-13-8-9-14(11-17(13)18-7-2-3-10-20-18)21-19(23)22-15-5-4-6-16(22)12-15/h2-3,7-11,15-16H,4-6,12H2,1H3,(H,21,23)/t15-,16+. The quantitative estimate of drug-likeness (QED) is 0.903. The SMILES string of the molecule is Cc1ccc(NC(=O)N2[C@@H]3CCC[C@H]2C3)cc1-c1ccccn1. The van der Waals surface area contributed by atoms with Crippen molar-refractivity contribution in [3.05, 3.63) is 48.2 Å². The lowest BCUT2D eigenvalue weighted by Crippen LogP contribution is -2.62. The highest BCUT2D eigenvalue weighted by molar-refractivity contribution is 5.91. The van der Waals surface area contributed by atoms with Gasteiger partial charge in [0.2, 0.25) is 0 Å². The van der Waals surface area contributed by atoms with E-state index in [9.17, 15) is 4.79 Å². The van der Waals surface area contributed by atoms with E-state index in [1.54, 1.807) is 6.20 Å². The molecule has 3 heterocycles. The average Bonchev–Trinajstić information content (AvgIpc) is 2.58. The number of nitrogens with zero attached hydrogens (tertiary/aromatic N) is 2. The highest BCUT2D eigenvalue weighted by atomic mass is 16.2. The molecule has 2 atom stereocenters. The molecule has 2 amide bonds. The molecule has 2 aromatic rings. The Morgan fingerprint density at radius 1 is 1.22 bits per heavy atom. The number of hydrogen-bond donors (Lipinski definition) is 1. The second kappa shape index (κ2) is 5.69. The Morgan fingerprint density at radius 3 is 2.74 bits per heavy atom. The molecule has 0 unspecified atom stereocenters. The maximum Gasteiger partial charge on any atom is 0.322 e. The van der Waals surface area contributed by atoms with Gasteiger partial charge in [0.25, 0.3) is 0 Å². The number of aromatic nitrogens is 1. The molecule has 4 heteroatoms. The number of pyridine rings is 1. The molecule has 0 spiro atoms. The van der Waals surface area contributed by atoms with Crippen LogP contribution in [0.4, 0.5) is 10.5 Å². The highest BCUT2D eigenvalue weighted by Crippen LogP contribution is 2.38. The van der Waals surface area contributed by atoms with Crippen LogP contribution >= 0.6 is 0 Å². The first-order valence-electron chi connectivity index (χ1n) is 8.34. The van der Waals surface area contributed by atoms with Crippen LogP contribution in [0.1, 0.15) is 31.2 Å². The normalized spacial score (nSPS) is 22.4. The smallest absolute Gasteiger partial charge is 0.318 e. The van der Waals surface area contributed by atoms with Crippen molar-refractivity contribution in [1.82, 2.24) is 9.88 Å². The zero-order valence-corrected chi connectivity index (χ0v) is 13.3. The molecule has 2 aliphatic rings. The second-order valence-corrected chi connectivity index (χ2v) is 6.56. The Hall–Kier alpha value is -2.36. The summed E-state index contributed by atoms with van der Waals surface area (Å²) < 4.78 is 0. The predicted molar refractivity (Wildman–Crippen MR) is 91.3 cm³/mol. The molecule has 0 saturated carbocycles. The van der Waals surface area contributed by atoms with Gasteiger partial charge in [-0.15, -0.1) is 0 Å². The fourth-order valence-corrected chi connectivity index (χ4v) is 3.82. The van der Waals surface area contributed by atoms with Crippen molar-refractivity contribution in [1.29, 1.82) is 0 Å². The lowest BCUT2D eigenvalue weighted by atomic mass is 9.80. The number of amides is 2. The third-order valence-electron chi connectivity index (χ3n) is 5.07. The number of aryl methyl sites for hydroxylation is 1. The average molecular weight is 307 g/mol. The maximum absolute atomic E-state index is 12.5. The number of nitrogens with one attached hydrogen (secondary N) is 1. The highest BCUT2D eigenvalue weighted by Gasteiger charge is 2.44. The largest absolute Gasteiger partial charge is 0.322 e. The van der Waals surface area contributed by atoms with Gasteiger partial charge in [-0.25, -0.2) is 4.79 Å². The van der Waals surface area contributed by atoms with Gasteiger partial charge in [-0.1, -0.05) is 12.1 Å². The van der Waals surface area contributed by atoms with E-state index in [1.807, 2.05) is 41.3 Å². The first-order valence-corrected chi connectivity index (χ1v) is 8.34. The lowest BCUT2D eigenvalue weighted by molar-refractivity contribution is 0.0173. The molecule has 0 radical (unpaired) electrons. The van der Waals surface area contributed by atoms with E-state index in [0.29, 0.717) is 12.1 Å². The van der Waals surface area contributed by atoms with Crippen molar-refractivity contribution in [2.24, 2.45) is 0 Å². The molecule has 2 aliphatic heterocycles. The van der Waals surface area contributed by atoms with Gasteiger partial charge in [-0.05, 0) is 62.4 Å². The van der Waals surface area contributed by atoms with Crippen LogP contribution in [0.5, 0.6) is 0 Å². The number of hydrogen-bond acceptors (Lipinski definition) is 2. The number of carbonyl (C=O) groups excluding carboxylic acids is 1. The van der Waals surface area contributed by atoms with Crippen molar-refractivity contribution >= 4 is 11.7 Å². The Morgan fingerprint density at radius 2 is 2.04 bits per heavy atom. The third-order valence-corrected chi connectivity index (χ3v) is 5.07. The topological polar surface area (TPSA) is 45.2 Å². The van der Waals surface area contributed by atoms with Crippen LogP contribution in [0.25, 0.3) is 11.3 Å². The van der Waals surface area contributed by atoms with Crippen molar-refractivity contribution < 1.29 is 4.79 Å². The molecule has 2 saturated heterocycles. The number of anilines is 1. The molecular weight excluding hydrogens is 286 g/mol.